The minimum Gasteiger partial charge on any atom is -0.330 e. The van der Waals surface area contributed by atoms with Crippen LogP contribution in [-0.4, -0.2) is 6.54 Å². The van der Waals surface area contributed by atoms with E-state index >= 15 is 0 Å². The van der Waals surface area contributed by atoms with Crippen molar-refractivity contribution in [1.29, 1.82) is 0 Å². The summed E-state index contributed by atoms with van der Waals surface area (Å²) in [6.07, 6.45) is 0.970. The number of rotatable bonds is 3. The van der Waals surface area contributed by atoms with E-state index in [1.165, 1.54) is 5.56 Å². The van der Waals surface area contributed by atoms with Crippen LogP contribution in [0.1, 0.15) is 24.8 Å². The molecule has 13 heavy (non-hydrogen) atoms. The van der Waals surface area contributed by atoms with E-state index in [2.05, 4.69) is 6.92 Å². The van der Waals surface area contributed by atoms with Gasteiger partial charge >= 0.3 is 0 Å². The number of hydrogen-bond acceptors (Lipinski definition) is 1. The third-order valence-electron chi connectivity index (χ3n) is 2.11. The highest BCUT2D eigenvalue weighted by molar-refractivity contribution is 6.42. The van der Waals surface area contributed by atoms with Crippen molar-refractivity contribution < 1.29 is 0 Å². The number of halogens is 2. The Morgan fingerprint density at radius 2 is 2.00 bits per heavy atom. The molecule has 0 saturated heterocycles. The van der Waals surface area contributed by atoms with E-state index in [1.807, 2.05) is 18.2 Å². The summed E-state index contributed by atoms with van der Waals surface area (Å²) in [6, 6.07) is 5.73. The largest absolute Gasteiger partial charge is 0.330 e. The average Bonchev–Trinajstić information content (AvgIpc) is 2.10. The number of hydrogen-bond donors (Lipinski definition) is 1. The van der Waals surface area contributed by atoms with Crippen LogP contribution in [0.4, 0.5) is 0 Å². The van der Waals surface area contributed by atoms with Gasteiger partial charge in [0, 0.05) is 0 Å². The van der Waals surface area contributed by atoms with E-state index < -0.39 is 0 Å². The predicted octanol–water partition coefficient (Wildman–Crippen LogP) is 3.45. The van der Waals surface area contributed by atoms with Crippen molar-refractivity contribution in [1.82, 2.24) is 0 Å². The fourth-order valence-electron chi connectivity index (χ4n) is 1.24. The maximum atomic E-state index is 5.89. The molecule has 0 aliphatic heterocycles. The van der Waals surface area contributed by atoms with Crippen LogP contribution in [0.25, 0.3) is 0 Å². The maximum Gasteiger partial charge on any atom is 0.0595 e. The molecule has 0 aromatic heterocycles. The fraction of sp³-hybridized carbons (Fsp3) is 0.400. The molecule has 1 rings (SSSR count). The number of nitrogens with two attached hydrogens (primary N) is 1. The molecule has 1 nitrogen and oxygen atoms in total. The first kappa shape index (κ1) is 10.8. The Balaban J connectivity index is 2.84. The minimum atomic E-state index is 0.444. The van der Waals surface area contributed by atoms with Crippen molar-refractivity contribution >= 4 is 23.2 Å². The van der Waals surface area contributed by atoms with Gasteiger partial charge < -0.3 is 5.73 Å². The summed E-state index contributed by atoms with van der Waals surface area (Å²) in [5, 5.41) is 1.22. The highest BCUT2D eigenvalue weighted by Gasteiger charge is 2.06. The topological polar surface area (TPSA) is 26.0 Å². The molecule has 0 fully saturated rings. The molecule has 0 saturated carbocycles. The molecule has 0 radical (unpaired) electrons. The van der Waals surface area contributed by atoms with Crippen LogP contribution in [0.2, 0.25) is 10.0 Å². The summed E-state index contributed by atoms with van der Waals surface area (Å²) in [7, 11) is 0. The molecule has 72 valence electrons. The first-order chi connectivity index (χ1) is 6.15. The van der Waals surface area contributed by atoms with Gasteiger partial charge in [0.1, 0.15) is 0 Å². The van der Waals surface area contributed by atoms with Crippen molar-refractivity contribution in [2.24, 2.45) is 5.73 Å². The van der Waals surface area contributed by atoms with Crippen molar-refractivity contribution in [2.45, 2.75) is 19.3 Å². The summed E-state index contributed by atoms with van der Waals surface area (Å²) >= 11 is 11.7. The molecule has 0 heterocycles. The van der Waals surface area contributed by atoms with E-state index in [9.17, 15) is 0 Å². The van der Waals surface area contributed by atoms with E-state index in [0.717, 1.165) is 6.42 Å². The first-order valence-corrected chi connectivity index (χ1v) is 5.05. The van der Waals surface area contributed by atoms with Crippen molar-refractivity contribution in [3.63, 3.8) is 0 Å². The lowest BCUT2D eigenvalue weighted by Gasteiger charge is -2.10. The maximum absolute atomic E-state index is 5.89. The van der Waals surface area contributed by atoms with Gasteiger partial charge in [-0.25, -0.2) is 0 Å². The van der Waals surface area contributed by atoms with Crippen LogP contribution >= 0.6 is 23.2 Å². The zero-order valence-corrected chi connectivity index (χ0v) is 9.07. The Bertz CT molecular complexity index is 286. The van der Waals surface area contributed by atoms with Crippen LogP contribution in [-0.2, 0) is 0 Å². The normalized spacial score (nSPS) is 12.9. The molecule has 3 heteroatoms. The van der Waals surface area contributed by atoms with Gasteiger partial charge in [0.2, 0.25) is 0 Å². The molecule has 1 aromatic rings. The van der Waals surface area contributed by atoms with Gasteiger partial charge in [-0.3, -0.25) is 0 Å². The Labute approximate surface area is 88.8 Å². The van der Waals surface area contributed by atoms with Gasteiger partial charge in [-0.05, 0) is 36.6 Å². The summed E-state index contributed by atoms with van der Waals surface area (Å²) in [5.41, 5.74) is 6.67. The van der Waals surface area contributed by atoms with Crippen LogP contribution in [0.15, 0.2) is 18.2 Å². The van der Waals surface area contributed by atoms with Crippen LogP contribution in [0.3, 0.4) is 0 Å². The van der Waals surface area contributed by atoms with Gasteiger partial charge in [0.25, 0.3) is 0 Å². The molecule has 1 unspecified atom stereocenters. The standard InChI is InChI=1S/C10H13Cl2N/c1-7(4-5-13)8-2-3-9(11)10(12)6-8/h2-3,6-7H,4-5,13H2,1H3. The Morgan fingerprint density at radius 3 is 2.54 bits per heavy atom. The monoisotopic (exact) mass is 217 g/mol. The van der Waals surface area contributed by atoms with Crippen molar-refractivity contribution in [3.05, 3.63) is 33.8 Å². The molecule has 0 bridgehead atoms. The first-order valence-electron chi connectivity index (χ1n) is 4.30. The second-order valence-corrected chi connectivity index (χ2v) is 3.97. The summed E-state index contributed by atoms with van der Waals surface area (Å²) in [4.78, 5) is 0. The highest BCUT2D eigenvalue weighted by Crippen LogP contribution is 2.27. The molecule has 0 aliphatic carbocycles. The smallest absolute Gasteiger partial charge is 0.0595 e. The van der Waals surface area contributed by atoms with Crippen LogP contribution in [0, 0.1) is 0 Å². The average molecular weight is 218 g/mol. The van der Waals surface area contributed by atoms with Gasteiger partial charge in [-0.1, -0.05) is 36.2 Å². The van der Waals surface area contributed by atoms with Gasteiger partial charge in [-0.15, -0.1) is 0 Å². The van der Waals surface area contributed by atoms with Crippen molar-refractivity contribution in [2.75, 3.05) is 6.54 Å². The van der Waals surface area contributed by atoms with Crippen LogP contribution < -0.4 is 5.73 Å². The van der Waals surface area contributed by atoms with Gasteiger partial charge in [0.15, 0.2) is 0 Å². The predicted molar refractivity (Wildman–Crippen MR) is 58.5 cm³/mol. The molecule has 1 atom stereocenters. The zero-order chi connectivity index (χ0) is 9.84. The quantitative estimate of drug-likeness (QED) is 0.826. The van der Waals surface area contributed by atoms with E-state index in [1.54, 1.807) is 0 Å². The van der Waals surface area contributed by atoms with Gasteiger partial charge in [0.05, 0.1) is 10.0 Å². The van der Waals surface area contributed by atoms with Crippen LogP contribution in [0.5, 0.6) is 0 Å². The summed E-state index contributed by atoms with van der Waals surface area (Å²) in [6.45, 7) is 2.83. The molecule has 0 aliphatic rings. The third kappa shape index (κ3) is 2.87. The molecule has 1 aromatic carbocycles. The second-order valence-electron chi connectivity index (χ2n) is 3.15. The van der Waals surface area contributed by atoms with E-state index in [4.69, 9.17) is 28.9 Å². The van der Waals surface area contributed by atoms with Gasteiger partial charge in [-0.2, -0.15) is 0 Å². The summed E-state index contributed by atoms with van der Waals surface area (Å²) in [5.74, 6) is 0.444. The highest BCUT2D eigenvalue weighted by atomic mass is 35.5. The third-order valence-corrected chi connectivity index (χ3v) is 2.85. The summed E-state index contributed by atoms with van der Waals surface area (Å²) < 4.78 is 0. The van der Waals surface area contributed by atoms with E-state index in [0.29, 0.717) is 22.5 Å². The Morgan fingerprint density at radius 1 is 1.31 bits per heavy atom. The number of benzene rings is 1. The molecular weight excluding hydrogens is 205 g/mol. The molecule has 0 amide bonds. The lowest BCUT2D eigenvalue weighted by molar-refractivity contribution is 0.690. The minimum absolute atomic E-state index is 0.444. The Kier molecular flexibility index (Phi) is 4.04. The van der Waals surface area contributed by atoms with Crippen molar-refractivity contribution in [3.8, 4) is 0 Å². The lowest BCUT2D eigenvalue weighted by Crippen LogP contribution is -2.04. The molecular formula is C10H13Cl2N. The second kappa shape index (κ2) is 4.85. The molecule has 0 spiro atoms. The SMILES string of the molecule is CC(CCN)c1ccc(Cl)c(Cl)c1. The Hall–Kier alpha value is -0.240. The zero-order valence-electron chi connectivity index (χ0n) is 7.56. The fourth-order valence-corrected chi connectivity index (χ4v) is 1.54. The lowest BCUT2D eigenvalue weighted by atomic mass is 9.98. The van der Waals surface area contributed by atoms with E-state index in [-0.39, 0.29) is 0 Å². The molecule has 2 N–H and O–H groups in total.